The van der Waals surface area contributed by atoms with E-state index in [-0.39, 0.29) is 17.6 Å². The smallest absolute Gasteiger partial charge is 0.336 e. The fourth-order valence-electron chi connectivity index (χ4n) is 3.28. The first-order valence-corrected chi connectivity index (χ1v) is 10.9. The molecule has 1 aromatic carbocycles. The molecule has 1 rings (SSSR count). The minimum atomic E-state index is -1.01. The number of aromatic carboxylic acids is 1. The molecule has 2 N–H and O–H groups in total. The van der Waals surface area contributed by atoms with Crippen LogP contribution < -0.4 is 0 Å². The van der Waals surface area contributed by atoms with E-state index in [4.69, 9.17) is 9.47 Å². The summed E-state index contributed by atoms with van der Waals surface area (Å²) in [5.41, 5.74) is 0.682. The maximum absolute atomic E-state index is 11.6. The fourth-order valence-corrected chi connectivity index (χ4v) is 3.28. The van der Waals surface area contributed by atoms with Crippen molar-refractivity contribution in [3.8, 4) is 5.75 Å². The number of benzene rings is 1. The van der Waals surface area contributed by atoms with Gasteiger partial charge in [-0.3, -0.25) is 0 Å². The highest BCUT2D eigenvalue weighted by atomic mass is 16.7. The van der Waals surface area contributed by atoms with Crippen LogP contribution in [-0.2, 0) is 9.47 Å². The molecule has 28 heavy (non-hydrogen) atoms. The molecule has 1 aromatic rings. The molecule has 2 atom stereocenters. The molecular weight excluding hydrogens is 356 g/mol. The highest BCUT2D eigenvalue weighted by Gasteiger charge is 2.23. The molecule has 160 valence electrons. The van der Waals surface area contributed by atoms with Gasteiger partial charge in [0.2, 0.25) is 0 Å². The Hall–Kier alpha value is -1.59. The Morgan fingerprint density at radius 1 is 0.964 bits per heavy atom. The van der Waals surface area contributed by atoms with Crippen molar-refractivity contribution in [2.75, 3.05) is 6.61 Å². The predicted molar refractivity (Wildman–Crippen MR) is 112 cm³/mol. The zero-order chi connectivity index (χ0) is 20.8. The Kier molecular flexibility index (Phi) is 12.6. The van der Waals surface area contributed by atoms with Crippen molar-refractivity contribution in [3.05, 3.63) is 29.3 Å². The number of hydrogen-bond donors (Lipinski definition) is 2. The van der Waals surface area contributed by atoms with Crippen LogP contribution in [-0.4, -0.2) is 29.1 Å². The molecule has 0 bridgehead atoms. The summed E-state index contributed by atoms with van der Waals surface area (Å²) in [5.74, 6) is -0.968. The van der Waals surface area contributed by atoms with Crippen LogP contribution in [0.25, 0.3) is 0 Å². The number of hydrogen-bond acceptors (Lipinski definition) is 4. The normalized spacial score (nSPS) is 13.4. The lowest BCUT2D eigenvalue weighted by molar-refractivity contribution is -0.178. The Bertz CT molecular complexity index is 558. The third kappa shape index (κ3) is 9.07. The van der Waals surface area contributed by atoms with E-state index < -0.39 is 12.1 Å². The summed E-state index contributed by atoms with van der Waals surface area (Å²) in [4.78, 5) is 11.6. The summed E-state index contributed by atoms with van der Waals surface area (Å²) in [6.07, 6.45) is 9.64. The maximum Gasteiger partial charge on any atom is 0.336 e. The van der Waals surface area contributed by atoms with Gasteiger partial charge in [-0.25, -0.2) is 4.79 Å². The first-order chi connectivity index (χ1) is 13.5. The molecule has 0 radical (unpaired) electrons. The fraction of sp³-hybridized carbons (Fsp3) is 0.696. The lowest BCUT2D eigenvalue weighted by Crippen LogP contribution is -2.22. The van der Waals surface area contributed by atoms with Gasteiger partial charge in [0.05, 0.1) is 11.7 Å². The van der Waals surface area contributed by atoms with Gasteiger partial charge < -0.3 is 19.7 Å². The van der Waals surface area contributed by atoms with Gasteiger partial charge in [-0.2, -0.15) is 0 Å². The summed E-state index contributed by atoms with van der Waals surface area (Å²) in [7, 11) is 0. The third-order valence-corrected chi connectivity index (χ3v) is 4.81. The Balaban J connectivity index is 2.72. The van der Waals surface area contributed by atoms with E-state index in [1.54, 1.807) is 0 Å². The molecule has 2 unspecified atom stereocenters. The van der Waals surface area contributed by atoms with Gasteiger partial charge >= 0.3 is 5.97 Å². The van der Waals surface area contributed by atoms with Crippen molar-refractivity contribution in [2.24, 2.45) is 0 Å². The van der Waals surface area contributed by atoms with Gasteiger partial charge in [-0.05, 0) is 43.0 Å². The first kappa shape index (κ1) is 24.4. The Labute approximate surface area is 170 Å². The Morgan fingerprint density at radius 2 is 1.64 bits per heavy atom. The molecule has 0 aliphatic rings. The lowest BCUT2D eigenvalue weighted by Gasteiger charge is -2.26. The molecule has 0 aliphatic carbocycles. The van der Waals surface area contributed by atoms with E-state index in [2.05, 4.69) is 13.8 Å². The SMILES string of the molecule is CCCCCCCCOC(CCC)OC(CCC)c1cc(O)ccc1C(=O)O. The van der Waals surface area contributed by atoms with Crippen LogP contribution in [0.15, 0.2) is 18.2 Å². The minimum absolute atomic E-state index is 0.0461. The van der Waals surface area contributed by atoms with Gasteiger partial charge in [-0.1, -0.05) is 65.7 Å². The van der Waals surface area contributed by atoms with Crippen LogP contribution in [0.1, 0.15) is 107 Å². The quantitative estimate of drug-likeness (QED) is 0.249. The van der Waals surface area contributed by atoms with E-state index in [0.29, 0.717) is 18.6 Å². The third-order valence-electron chi connectivity index (χ3n) is 4.81. The van der Waals surface area contributed by atoms with Crippen LogP contribution in [0.2, 0.25) is 0 Å². The highest BCUT2D eigenvalue weighted by molar-refractivity contribution is 5.89. The average molecular weight is 395 g/mol. The maximum atomic E-state index is 11.6. The zero-order valence-electron chi connectivity index (χ0n) is 17.8. The summed E-state index contributed by atoms with van der Waals surface area (Å²) in [6.45, 7) is 6.98. The number of phenols is 1. The predicted octanol–water partition coefficient (Wildman–Crippen LogP) is 6.45. The van der Waals surface area contributed by atoms with Crippen LogP contribution in [0.3, 0.4) is 0 Å². The van der Waals surface area contributed by atoms with E-state index >= 15 is 0 Å². The monoisotopic (exact) mass is 394 g/mol. The summed E-state index contributed by atoms with van der Waals surface area (Å²) < 4.78 is 12.2. The number of carboxylic acid groups (broad SMARTS) is 1. The molecule has 0 aromatic heterocycles. The molecule has 0 spiro atoms. The molecule has 0 amide bonds. The van der Waals surface area contributed by atoms with E-state index in [1.165, 1.54) is 43.9 Å². The van der Waals surface area contributed by atoms with Gasteiger partial charge in [0.1, 0.15) is 5.75 Å². The molecule has 0 saturated heterocycles. The number of unbranched alkanes of at least 4 members (excludes halogenated alkanes) is 5. The number of ether oxygens (including phenoxy) is 2. The Morgan fingerprint density at radius 3 is 2.29 bits per heavy atom. The average Bonchev–Trinajstić information content (AvgIpc) is 2.66. The topological polar surface area (TPSA) is 76.0 Å². The standard InChI is InChI=1S/C23H38O5/c1-4-7-8-9-10-11-16-27-22(13-6-3)28-21(12-5-2)20-17-18(24)14-15-19(20)23(25)26/h14-15,17,21-22,24H,4-13,16H2,1-3H3,(H,25,26). The summed E-state index contributed by atoms with van der Waals surface area (Å²) in [5, 5.41) is 19.4. The second kappa shape index (κ2) is 14.4. The first-order valence-electron chi connectivity index (χ1n) is 10.9. The van der Waals surface area contributed by atoms with Crippen molar-refractivity contribution in [3.63, 3.8) is 0 Å². The van der Waals surface area contributed by atoms with Gasteiger partial charge in [-0.15, -0.1) is 0 Å². The van der Waals surface area contributed by atoms with Crippen LogP contribution >= 0.6 is 0 Å². The summed E-state index contributed by atoms with van der Waals surface area (Å²) in [6, 6.07) is 4.33. The number of carboxylic acids is 1. The van der Waals surface area contributed by atoms with E-state index in [9.17, 15) is 15.0 Å². The van der Waals surface area contributed by atoms with Crippen LogP contribution in [0.5, 0.6) is 5.75 Å². The van der Waals surface area contributed by atoms with Gasteiger partial charge in [0.15, 0.2) is 6.29 Å². The molecule has 0 aliphatic heterocycles. The van der Waals surface area contributed by atoms with Gasteiger partial charge in [0, 0.05) is 6.61 Å². The van der Waals surface area contributed by atoms with Crippen molar-refractivity contribution >= 4 is 5.97 Å². The van der Waals surface area contributed by atoms with Crippen molar-refractivity contribution < 1.29 is 24.5 Å². The number of aromatic hydroxyl groups is 1. The number of rotatable bonds is 16. The summed E-state index contributed by atoms with van der Waals surface area (Å²) >= 11 is 0. The number of carbonyl (C=O) groups is 1. The lowest BCUT2D eigenvalue weighted by atomic mass is 9.98. The second-order valence-electron chi connectivity index (χ2n) is 7.35. The molecule has 0 heterocycles. The largest absolute Gasteiger partial charge is 0.508 e. The zero-order valence-corrected chi connectivity index (χ0v) is 17.8. The van der Waals surface area contributed by atoms with Crippen molar-refractivity contribution in [1.29, 1.82) is 0 Å². The molecule has 0 saturated carbocycles. The molecule has 5 heteroatoms. The number of phenolic OH excluding ortho intramolecular Hbond substituents is 1. The van der Waals surface area contributed by atoms with Crippen molar-refractivity contribution in [1.82, 2.24) is 0 Å². The van der Waals surface area contributed by atoms with Crippen LogP contribution in [0, 0.1) is 0 Å². The second-order valence-corrected chi connectivity index (χ2v) is 7.35. The van der Waals surface area contributed by atoms with Gasteiger partial charge in [0.25, 0.3) is 0 Å². The molecular formula is C23H38O5. The van der Waals surface area contributed by atoms with Crippen molar-refractivity contribution in [2.45, 2.75) is 97.4 Å². The van der Waals surface area contributed by atoms with E-state index in [1.807, 2.05) is 6.92 Å². The van der Waals surface area contributed by atoms with Crippen LogP contribution in [0.4, 0.5) is 0 Å². The molecule has 5 nitrogen and oxygen atoms in total. The highest BCUT2D eigenvalue weighted by Crippen LogP contribution is 2.31. The van der Waals surface area contributed by atoms with E-state index in [0.717, 1.165) is 32.1 Å². The molecule has 0 fully saturated rings. The minimum Gasteiger partial charge on any atom is -0.508 e.